The van der Waals surface area contributed by atoms with Crippen molar-refractivity contribution in [3.63, 3.8) is 0 Å². The monoisotopic (exact) mass is 357 g/mol. The minimum Gasteiger partial charge on any atom is -0.353 e. The maximum atomic E-state index is 15.1. The molecule has 2 aromatic rings. The normalized spacial score (nSPS) is 23.9. The van der Waals surface area contributed by atoms with E-state index in [2.05, 4.69) is 26.0 Å². The number of anilines is 3. The van der Waals surface area contributed by atoms with Crippen LogP contribution in [-0.2, 0) is 13.6 Å². The number of nitrogens with zero attached hydrogens (tertiary/aromatic N) is 4. The fourth-order valence-corrected chi connectivity index (χ4v) is 4.22. The predicted molar refractivity (Wildman–Crippen MR) is 93.9 cm³/mol. The molecule has 2 aromatic heterocycles. The molecule has 0 bridgehead atoms. The zero-order chi connectivity index (χ0) is 17.8. The zero-order valence-electron chi connectivity index (χ0n) is 14.4. The Labute approximate surface area is 149 Å². The first-order valence-corrected chi connectivity index (χ1v) is 8.82. The Kier molecular flexibility index (Phi) is 3.39. The molecule has 0 saturated carbocycles. The van der Waals surface area contributed by atoms with E-state index in [-0.39, 0.29) is 23.8 Å². The van der Waals surface area contributed by atoms with Crippen molar-refractivity contribution in [2.45, 2.75) is 6.54 Å². The molecule has 5 rings (SSSR count). The van der Waals surface area contributed by atoms with Crippen LogP contribution in [0, 0.1) is 17.7 Å². The summed E-state index contributed by atoms with van der Waals surface area (Å²) in [6.45, 7) is 3.70. The highest BCUT2D eigenvalue weighted by Crippen LogP contribution is 2.36. The number of fused-ring (bicyclic) bond motifs is 2. The molecule has 2 atom stereocenters. The molecule has 0 aliphatic carbocycles. The van der Waals surface area contributed by atoms with Crippen LogP contribution in [0.2, 0.25) is 0 Å². The van der Waals surface area contributed by atoms with Crippen molar-refractivity contribution < 1.29 is 9.18 Å². The van der Waals surface area contributed by atoms with Crippen molar-refractivity contribution in [1.82, 2.24) is 25.4 Å². The summed E-state index contributed by atoms with van der Waals surface area (Å²) in [5, 5.41) is 13.3. The standard InChI is InChI=1S/C17H20FN7O/c1-24-8-11(4-21-24)22-15-13-12(5-20-17(13)26)14(18)16(23-15)25-6-9-2-19-3-10(9)7-25/h4,8-10,19H,2-3,5-7H2,1H3,(H,20,26)(H,22,23). The van der Waals surface area contributed by atoms with E-state index >= 15 is 4.39 Å². The molecular weight excluding hydrogens is 337 g/mol. The van der Waals surface area contributed by atoms with Crippen LogP contribution in [0.15, 0.2) is 12.4 Å². The first-order valence-electron chi connectivity index (χ1n) is 8.82. The molecule has 0 spiro atoms. The fourth-order valence-electron chi connectivity index (χ4n) is 4.22. The third kappa shape index (κ3) is 2.34. The molecule has 136 valence electrons. The topological polar surface area (TPSA) is 87.1 Å². The second kappa shape index (κ2) is 5.66. The summed E-state index contributed by atoms with van der Waals surface area (Å²) in [5.41, 5.74) is 1.39. The number of hydrogen-bond donors (Lipinski definition) is 3. The Morgan fingerprint density at radius 1 is 1.31 bits per heavy atom. The SMILES string of the molecule is Cn1cc(Nc2nc(N3CC4CNCC4C3)c(F)c3c2C(=O)NC3)cn1. The highest BCUT2D eigenvalue weighted by atomic mass is 19.1. The fraction of sp³-hybridized carbons (Fsp3) is 0.471. The van der Waals surface area contributed by atoms with E-state index in [4.69, 9.17) is 0 Å². The van der Waals surface area contributed by atoms with Crippen molar-refractivity contribution in [2.24, 2.45) is 18.9 Å². The van der Waals surface area contributed by atoms with Gasteiger partial charge in [0.05, 0.1) is 17.4 Å². The van der Waals surface area contributed by atoms with E-state index in [0.717, 1.165) is 26.2 Å². The van der Waals surface area contributed by atoms with Crippen LogP contribution in [0.4, 0.5) is 21.7 Å². The van der Waals surface area contributed by atoms with E-state index in [1.165, 1.54) is 0 Å². The van der Waals surface area contributed by atoms with Gasteiger partial charge in [0.15, 0.2) is 11.6 Å². The van der Waals surface area contributed by atoms with Gasteiger partial charge in [-0.1, -0.05) is 0 Å². The van der Waals surface area contributed by atoms with Crippen LogP contribution >= 0.6 is 0 Å². The van der Waals surface area contributed by atoms with E-state index in [9.17, 15) is 4.79 Å². The van der Waals surface area contributed by atoms with Gasteiger partial charge in [0, 0.05) is 51.5 Å². The number of aromatic nitrogens is 3. The Morgan fingerprint density at radius 2 is 2.08 bits per heavy atom. The molecule has 3 N–H and O–H groups in total. The van der Waals surface area contributed by atoms with Gasteiger partial charge in [0.25, 0.3) is 5.91 Å². The highest BCUT2D eigenvalue weighted by Gasteiger charge is 2.39. The Hall–Kier alpha value is -2.68. The lowest BCUT2D eigenvalue weighted by Crippen LogP contribution is -2.27. The quantitative estimate of drug-likeness (QED) is 0.746. The van der Waals surface area contributed by atoms with Crippen molar-refractivity contribution in [3.8, 4) is 0 Å². The molecule has 8 nitrogen and oxygen atoms in total. The molecular formula is C17H20FN7O. The van der Waals surface area contributed by atoms with Crippen molar-refractivity contribution in [2.75, 3.05) is 36.4 Å². The smallest absolute Gasteiger partial charge is 0.255 e. The first kappa shape index (κ1) is 15.6. The number of carbonyl (C=O) groups excluding carboxylic acids is 1. The van der Waals surface area contributed by atoms with Gasteiger partial charge in [-0.15, -0.1) is 0 Å². The van der Waals surface area contributed by atoms with Gasteiger partial charge in [-0.05, 0) is 11.8 Å². The molecule has 3 aliphatic heterocycles. The molecule has 1 amide bonds. The number of halogens is 1. The van der Waals surface area contributed by atoms with E-state index in [0.29, 0.717) is 34.7 Å². The number of aryl methyl sites for hydroxylation is 1. The van der Waals surface area contributed by atoms with Crippen LogP contribution in [0.1, 0.15) is 15.9 Å². The van der Waals surface area contributed by atoms with Crippen molar-refractivity contribution >= 4 is 23.2 Å². The average Bonchev–Trinajstić information content (AvgIpc) is 3.34. The van der Waals surface area contributed by atoms with Gasteiger partial charge >= 0.3 is 0 Å². The highest BCUT2D eigenvalue weighted by molar-refractivity contribution is 6.03. The molecule has 0 radical (unpaired) electrons. The summed E-state index contributed by atoms with van der Waals surface area (Å²) in [5.74, 6) is 1.09. The molecule has 2 saturated heterocycles. The predicted octanol–water partition coefficient (Wildman–Crippen LogP) is 0.597. The zero-order valence-corrected chi connectivity index (χ0v) is 14.4. The number of nitrogens with one attached hydrogen (secondary N) is 3. The minimum absolute atomic E-state index is 0.194. The lowest BCUT2D eigenvalue weighted by molar-refractivity contribution is 0.0966. The maximum Gasteiger partial charge on any atom is 0.255 e. The van der Waals surface area contributed by atoms with Gasteiger partial charge in [-0.2, -0.15) is 5.10 Å². The van der Waals surface area contributed by atoms with Crippen LogP contribution in [0.3, 0.4) is 0 Å². The first-order chi connectivity index (χ1) is 12.6. The summed E-state index contributed by atoms with van der Waals surface area (Å²) < 4.78 is 16.8. The summed E-state index contributed by atoms with van der Waals surface area (Å²) in [4.78, 5) is 18.8. The number of rotatable bonds is 3. The molecule has 2 fully saturated rings. The molecule has 9 heteroatoms. The second-order valence-electron chi connectivity index (χ2n) is 7.25. The van der Waals surface area contributed by atoms with Crippen LogP contribution in [0.25, 0.3) is 0 Å². The molecule has 5 heterocycles. The van der Waals surface area contributed by atoms with Crippen LogP contribution in [-0.4, -0.2) is 46.9 Å². The minimum atomic E-state index is -0.386. The van der Waals surface area contributed by atoms with E-state index < -0.39 is 0 Å². The molecule has 0 aromatic carbocycles. The molecule has 3 aliphatic rings. The largest absolute Gasteiger partial charge is 0.353 e. The van der Waals surface area contributed by atoms with Gasteiger partial charge in [-0.25, -0.2) is 9.37 Å². The van der Waals surface area contributed by atoms with Gasteiger partial charge in [0.2, 0.25) is 0 Å². The average molecular weight is 357 g/mol. The number of pyridine rings is 1. The maximum absolute atomic E-state index is 15.1. The van der Waals surface area contributed by atoms with E-state index in [1.807, 2.05) is 11.9 Å². The second-order valence-corrected chi connectivity index (χ2v) is 7.25. The summed E-state index contributed by atoms with van der Waals surface area (Å²) in [6, 6.07) is 0. The Bertz CT molecular complexity index is 883. The molecule has 26 heavy (non-hydrogen) atoms. The van der Waals surface area contributed by atoms with Crippen LogP contribution < -0.4 is 20.9 Å². The van der Waals surface area contributed by atoms with E-state index in [1.54, 1.807) is 17.1 Å². The number of amides is 1. The number of hydrogen-bond acceptors (Lipinski definition) is 6. The third-order valence-corrected chi connectivity index (χ3v) is 5.53. The summed E-state index contributed by atoms with van der Waals surface area (Å²) >= 11 is 0. The number of carbonyl (C=O) groups is 1. The van der Waals surface area contributed by atoms with Gasteiger partial charge in [0.1, 0.15) is 5.82 Å². The Morgan fingerprint density at radius 3 is 2.77 bits per heavy atom. The van der Waals surface area contributed by atoms with Crippen LogP contribution in [0.5, 0.6) is 0 Å². The lowest BCUT2D eigenvalue weighted by atomic mass is 10.0. The van der Waals surface area contributed by atoms with Gasteiger partial charge < -0.3 is 20.9 Å². The van der Waals surface area contributed by atoms with Gasteiger partial charge in [-0.3, -0.25) is 9.48 Å². The van der Waals surface area contributed by atoms with Crippen molar-refractivity contribution in [1.29, 1.82) is 0 Å². The summed E-state index contributed by atoms with van der Waals surface area (Å²) in [6.07, 6.45) is 3.44. The summed E-state index contributed by atoms with van der Waals surface area (Å²) in [7, 11) is 1.81. The third-order valence-electron chi connectivity index (χ3n) is 5.53. The van der Waals surface area contributed by atoms with Crippen molar-refractivity contribution in [3.05, 3.63) is 29.3 Å². The molecule has 2 unspecified atom stereocenters. The lowest BCUT2D eigenvalue weighted by Gasteiger charge is -2.21. The Balaban J connectivity index is 1.55.